The zero-order valence-electron chi connectivity index (χ0n) is 17.7. The van der Waals surface area contributed by atoms with Crippen molar-refractivity contribution in [2.45, 2.75) is 19.5 Å². The molecule has 3 heterocycles. The molecule has 9 heteroatoms. The van der Waals surface area contributed by atoms with Crippen LogP contribution in [0.5, 0.6) is 0 Å². The lowest BCUT2D eigenvalue weighted by atomic mass is 10.0. The second kappa shape index (κ2) is 10.6. The number of aromatic nitrogens is 3. The molecule has 1 atom stereocenters. The summed E-state index contributed by atoms with van der Waals surface area (Å²) in [4.78, 5) is 7.18. The molecule has 1 unspecified atom stereocenters. The van der Waals surface area contributed by atoms with Gasteiger partial charge in [0.15, 0.2) is 17.4 Å². The number of pyridine rings is 1. The van der Waals surface area contributed by atoms with Gasteiger partial charge in [-0.15, -0.1) is 10.2 Å². The van der Waals surface area contributed by atoms with Gasteiger partial charge in [0.25, 0.3) is 0 Å². The Balaban J connectivity index is 1.48. The normalized spacial score (nSPS) is 16.4. The second-order valence-corrected chi connectivity index (χ2v) is 7.77. The van der Waals surface area contributed by atoms with E-state index in [9.17, 15) is 0 Å². The summed E-state index contributed by atoms with van der Waals surface area (Å²) in [6, 6.07) is 14.1. The standard InChI is InChI=1S/C22H28ClN7O/c1-2-24-22(26-16-21-28-27-20-5-3-4-10-30(20)21)25-15-19(29-11-13-31-14-12-29)17-6-8-18(23)9-7-17/h3-10,19H,2,11-16H2,1H3,(H2,24,25,26). The maximum atomic E-state index is 6.11. The number of nitrogens with zero attached hydrogens (tertiary/aromatic N) is 5. The van der Waals surface area contributed by atoms with E-state index in [1.54, 1.807) is 0 Å². The monoisotopic (exact) mass is 441 g/mol. The molecule has 1 saturated heterocycles. The molecule has 1 aliphatic rings. The van der Waals surface area contributed by atoms with Crippen molar-refractivity contribution in [3.05, 3.63) is 65.1 Å². The number of rotatable bonds is 7. The van der Waals surface area contributed by atoms with Gasteiger partial charge in [-0.3, -0.25) is 9.30 Å². The third-order valence-electron chi connectivity index (χ3n) is 5.31. The number of benzene rings is 1. The highest BCUT2D eigenvalue weighted by atomic mass is 35.5. The maximum absolute atomic E-state index is 6.11. The van der Waals surface area contributed by atoms with E-state index in [1.165, 1.54) is 5.56 Å². The Kier molecular flexibility index (Phi) is 7.35. The molecule has 1 aromatic carbocycles. The summed E-state index contributed by atoms with van der Waals surface area (Å²) in [6.07, 6.45) is 1.95. The third kappa shape index (κ3) is 5.52. The molecule has 8 nitrogen and oxygen atoms in total. The van der Waals surface area contributed by atoms with Crippen LogP contribution < -0.4 is 10.6 Å². The highest BCUT2D eigenvalue weighted by molar-refractivity contribution is 6.30. The lowest BCUT2D eigenvalue weighted by molar-refractivity contribution is 0.0170. The first-order chi connectivity index (χ1) is 15.2. The molecule has 0 amide bonds. The summed E-state index contributed by atoms with van der Waals surface area (Å²) in [5.41, 5.74) is 2.04. The van der Waals surface area contributed by atoms with E-state index < -0.39 is 0 Å². The van der Waals surface area contributed by atoms with Gasteiger partial charge in [0.2, 0.25) is 0 Å². The summed E-state index contributed by atoms with van der Waals surface area (Å²) < 4.78 is 7.51. The fourth-order valence-corrected chi connectivity index (χ4v) is 3.84. The van der Waals surface area contributed by atoms with Crippen molar-refractivity contribution in [2.24, 2.45) is 4.99 Å². The number of hydrogen-bond donors (Lipinski definition) is 2. The number of fused-ring (bicyclic) bond motifs is 1. The molecule has 3 aromatic rings. The minimum Gasteiger partial charge on any atom is -0.379 e. The molecule has 0 spiro atoms. The van der Waals surface area contributed by atoms with Gasteiger partial charge in [-0.2, -0.15) is 0 Å². The molecule has 0 aliphatic carbocycles. The molecular weight excluding hydrogens is 414 g/mol. The molecule has 31 heavy (non-hydrogen) atoms. The van der Waals surface area contributed by atoms with Gasteiger partial charge in [-0.25, -0.2) is 4.99 Å². The predicted molar refractivity (Wildman–Crippen MR) is 122 cm³/mol. The van der Waals surface area contributed by atoms with E-state index in [2.05, 4.69) is 44.8 Å². The van der Waals surface area contributed by atoms with E-state index in [0.717, 1.165) is 55.3 Å². The summed E-state index contributed by atoms with van der Waals surface area (Å²) in [7, 11) is 0. The number of halogens is 1. The van der Waals surface area contributed by atoms with E-state index in [1.807, 2.05) is 40.9 Å². The Bertz CT molecular complexity index is 999. The van der Waals surface area contributed by atoms with E-state index in [4.69, 9.17) is 21.3 Å². The van der Waals surface area contributed by atoms with Crippen molar-refractivity contribution < 1.29 is 4.74 Å². The second-order valence-electron chi connectivity index (χ2n) is 7.34. The van der Waals surface area contributed by atoms with Crippen molar-refractivity contribution in [2.75, 3.05) is 39.4 Å². The Morgan fingerprint density at radius 3 is 2.71 bits per heavy atom. The van der Waals surface area contributed by atoms with Crippen LogP contribution in [0.2, 0.25) is 5.02 Å². The first-order valence-electron chi connectivity index (χ1n) is 10.6. The lowest BCUT2D eigenvalue weighted by Crippen LogP contribution is -2.46. The van der Waals surface area contributed by atoms with Gasteiger partial charge in [-0.1, -0.05) is 29.8 Å². The van der Waals surface area contributed by atoms with E-state index in [-0.39, 0.29) is 6.04 Å². The van der Waals surface area contributed by atoms with Crippen LogP contribution in [0.1, 0.15) is 24.4 Å². The van der Waals surface area contributed by atoms with Crippen LogP contribution in [0.15, 0.2) is 53.7 Å². The quantitative estimate of drug-likeness (QED) is 0.433. The Hall–Kier alpha value is -2.68. The van der Waals surface area contributed by atoms with E-state index in [0.29, 0.717) is 13.1 Å². The van der Waals surface area contributed by atoms with Crippen molar-refractivity contribution in [1.29, 1.82) is 0 Å². The zero-order valence-corrected chi connectivity index (χ0v) is 18.4. The summed E-state index contributed by atoms with van der Waals surface area (Å²) >= 11 is 6.11. The average Bonchev–Trinajstić information content (AvgIpc) is 3.22. The number of morpholine rings is 1. The smallest absolute Gasteiger partial charge is 0.191 e. The van der Waals surface area contributed by atoms with Crippen molar-refractivity contribution in [1.82, 2.24) is 30.1 Å². The molecule has 1 fully saturated rings. The summed E-state index contributed by atoms with van der Waals surface area (Å²) in [5, 5.41) is 16.0. The van der Waals surface area contributed by atoms with Crippen molar-refractivity contribution in [3.63, 3.8) is 0 Å². The number of guanidine groups is 1. The van der Waals surface area contributed by atoms with E-state index >= 15 is 0 Å². The predicted octanol–water partition coefficient (Wildman–Crippen LogP) is 2.51. The molecule has 0 bridgehead atoms. The molecular formula is C22H28ClN7O. The van der Waals surface area contributed by atoms with Crippen molar-refractivity contribution >= 4 is 23.2 Å². The van der Waals surface area contributed by atoms with Crippen LogP contribution in [-0.2, 0) is 11.3 Å². The van der Waals surface area contributed by atoms with Crippen molar-refractivity contribution in [3.8, 4) is 0 Å². The molecule has 4 rings (SSSR count). The first kappa shape index (κ1) is 21.5. The Morgan fingerprint density at radius 1 is 1.13 bits per heavy atom. The Morgan fingerprint density at radius 2 is 1.94 bits per heavy atom. The first-order valence-corrected chi connectivity index (χ1v) is 11.0. The molecule has 2 aromatic heterocycles. The largest absolute Gasteiger partial charge is 0.379 e. The number of ether oxygens (including phenoxy) is 1. The van der Waals surface area contributed by atoms with Gasteiger partial charge in [0, 0.05) is 37.4 Å². The maximum Gasteiger partial charge on any atom is 0.191 e. The summed E-state index contributed by atoms with van der Waals surface area (Å²) in [5.74, 6) is 1.55. The van der Waals surface area contributed by atoms with Crippen LogP contribution in [0.3, 0.4) is 0 Å². The fraction of sp³-hybridized carbons (Fsp3) is 0.409. The van der Waals surface area contributed by atoms with Gasteiger partial charge in [0.1, 0.15) is 6.54 Å². The molecule has 1 aliphatic heterocycles. The number of nitrogens with one attached hydrogen (secondary N) is 2. The molecule has 0 saturated carbocycles. The number of hydrogen-bond acceptors (Lipinski definition) is 5. The average molecular weight is 442 g/mol. The lowest BCUT2D eigenvalue weighted by Gasteiger charge is -2.35. The topological polar surface area (TPSA) is 79.1 Å². The van der Waals surface area contributed by atoms with Crippen LogP contribution in [0.25, 0.3) is 5.65 Å². The third-order valence-corrected chi connectivity index (χ3v) is 5.56. The minimum atomic E-state index is 0.193. The number of aliphatic imine (C=N–C) groups is 1. The highest BCUT2D eigenvalue weighted by Gasteiger charge is 2.23. The molecule has 2 N–H and O–H groups in total. The van der Waals surface area contributed by atoms with Gasteiger partial charge in [-0.05, 0) is 36.8 Å². The van der Waals surface area contributed by atoms with Gasteiger partial charge < -0.3 is 15.4 Å². The van der Waals surface area contributed by atoms with Crippen LogP contribution in [-0.4, -0.2) is 64.9 Å². The van der Waals surface area contributed by atoms with Crippen LogP contribution in [0.4, 0.5) is 0 Å². The van der Waals surface area contributed by atoms with Gasteiger partial charge in [0.05, 0.1) is 19.3 Å². The van der Waals surface area contributed by atoms with Crippen LogP contribution in [0, 0.1) is 0 Å². The minimum absolute atomic E-state index is 0.193. The Labute approximate surface area is 187 Å². The SMILES string of the molecule is CCNC(=NCc1nnc2ccccn12)NCC(c1ccc(Cl)cc1)N1CCOCC1. The zero-order chi connectivity index (χ0) is 21.5. The summed E-state index contributed by atoms with van der Waals surface area (Å²) in [6.45, 7) is 7.27. The van der Waals surface area contributed by atoms with Gasteiger partial charge >= 0.3 is 0 Å². The molecule has 164 valence electrons. The van der Waals surface area contributed by atoms with Crippen LogP contribution >= 0.6 is 11.6 Å². The fourth-order valence-electron chi connectivity index (χ4n) is 3.72. The highest BCUT2D eigenvalue weighted by Crippen LogP contribution is 2.23. The molecule has 0 radical (unpaired) electrons.